The number of aliphatic imine (C=N–C) groups is 1. The zero-order valence-electron chi connectivity index (χ0n) is 13.6. The van der Waals surface area contributed by atoms with Crippen LogP contribution in [0.3, 0.4) is 0 Å². The number of phenols is 1. The SMILES string of the molecule is CCOC(=O)C(C)(N=Cc1ccccc1O)C(Br)c1ccccc1. The highest BCUT2D eigenvalue weighted by molar-refractivity contribution is 9.09. The minimum atomic E-state index is -1.17. The first-order valence-electron chi connectivity index (χ1n) is 7.68. The molecule has 0 fully saturated rings. The summed E-state index contributed by atoms with van der Waals surface area (Å²) in [4.78, 5) is 16.7. The summed E-state index contributed by atoms with van der Waals surface area (Å²) >= 11 is 3.59. The lowest BCUT2D eigenvalue weighted by atomic mass is 9.93. The molecule has 126 valence electrons. The fraction of sp³-hybridized carbons (Fsp3) is 0.263. The third-order valence-corrected chi connectivity index (χ3v) is 5.10. The van der Waals surface area contributed by atoms with Crippen molar-refractivity contribution in [2.24, 2.45) is 4.99 Å². The largest absolute Gasteiger partial charge is 0.507 e. The predicted molar refractivity (Wildman–Crippen MR) is 98.8 cm³/mol. The van der Waals surface area contributed by atoms with Crippen LogP contribution in [-0.2, 0) is 9.53 Å². The summed E-state index contributed by atoms with van der Waals surface area (Å²) in [6.07, 6.45) is 1.50. The summed E-state index contributed by atoms with van der Waals surface area (Å²) in [5, 5.41) is 9.89. The number of esters is 1. The number of alkyl halides is 1. The fourth-order valence-corrected chi connectivity index (χ4v) is 2.86. The van der Waals surface area contributed by atoms with E-state index >= 15 is 0 Å². The van der Waals surface area contributed by atoms with E-state index in [2.05, 4.69) is 20.9 Å². The monoisotopic (exact) mass is 389 g/mol. The Morgan fingerprint density at radius 1 is 1.25 bits per heavy atom. The van der Waals surface area contributed by atoms with Crippen LogP contribution in [-0.4, -0.2) is 29.4 Å². The molecule has 2 atom stereocenters. The van der Waals surface area contributed by atoms with Gasteiger partial charge in [0.2, 0.25) is 0 Å². The van der Waals surface area contributed by atoms with Gasteiger partial charge >= 0.3 is 5.97 Å². The van der Waals surface area contributed by atoms with Crippen LogP contribution in [0.4, 0.5) is 0 Å². The topological polar surface area (TPSA) is 58.9 Å². The number of carbonyl (C=O) groups excluding carboxylic acids is 1. The van der Waals surface area contributed by atoms with Gasteiger partial charge in [0.15, 0.2) is 5.54 Å². The highest BCUT2D eigenvalue weighted by atomic mass is 79.9. The van der Waals surface area contributed by atoms with Gasteiger partial charge < -0.3 is 9.84 Å². The predicted octanol–water partition coefficient (Wildman–Crippen LogP) is 4.27. The second kappa shape index (κ2) is 8.11. The van der Waals surface area contributed by atoms with E-state index < -0.39 is 11.5 Å². The Hall–Kier alpha value is -2.14. The van der Waals surface area contributed by atoms with Gasteiger partial charge in [0.05, 0.1) is 11.4 Å². The van der Waals surface area contributed by atoms with Crippen molar-refractivity contribution in [2.75, 3.05) is 6.61 Å². The molecule has 0 aliphatic heterocycles. The van der Waals surface area contributed by atoms with Gasteiger partial charge in [-0.25, -0.2) is 4.79 Å². The molecule has 24 heavy (non-hydrogen) atoms. The molecule has 0 amide bonds. The molecule has 0 aliphatic rings. The third kappa shape index (κ3) is 4.03. The first kappa shape index (κ1) is 18.2. The minimum Gasteiger partial charge on any atom is -0.507 e. The van der Waals surface area contributed by atoms with E-state index in [9.17, 15) is 9.90 Å². The van der Waals surface area contributed by atoms with Crippen molar-refractivity contribution in [1.29, 1.82) is 0 Å². The van der Waals surface area contributed by atoms with Crippen molar-refractivity contribution in [2.45, 2.75) is 24.2 Å². The summed E-state index contributed by atoms with van der Waals surface area (Å²) in [5.41, 5.74) is 0.294. The van der Waals surface area contributed by atoms with E-state index in [1.807, 2.05) is 30.3 Å². The summed E-state index contributed by atoms with van der Waals surface area (Å²) in [5.74, 6) is -0.319. The van der Waals surface area contributed by atoms with Gasteiger partial charge in [-0.2, -0.15) is 0 Å². The van der Waals surface area contributed by atoms with E-state index in [1.165, 1.54) is 6.21 Å². The number of hydrogen-bond acceptors (Lipinski definition) is 4. The second-order valence-electron chi connectivity index (χ2n) is 5.46. The molecule has 0 aromatic heterocycles. The van der Waals surface area contributed by atoms with Crippen molar-refractivity contribution < 1.29 is 14.6 Å². The number of ether oxygens (including phenoxy) is 1. The number of aromatic hydroxyl groups is 1. The summed E-state index contributed by atoms with van der Waals surface area (Å²) < 4.78 is 5.22. The van der Waals surface area contributed by atoms with Crippen LogP contribution < -0.4 is 0 Å². The van der Waals surface area contributed by atoms with Crippen LogP contribution in [0.15, 0.2) is 59.6 Å². The van der Waals surface area contributed by atoms with Crippen LogP contribution in [0.1, 0.15) is 29.8 Å². The number of carbonyl (C=O) groups is 1. The van der Waals surface area contributed by atoms with E-state index in [-0.39, 0.29) is 17.2 Å². The van der Waals surface area contributed by atoms with Crippen LogP contribution in [0, 0.1) is 0 Å². The molecular weight excluding hydrogens is 370 g/mol. The average Bonchev–Trinajstić information content (AvgIpc) is 2.61. The van der Waals surface area contributed by atoms with Crippen molar-refractivity contribution in [3.05, 3.63) is 65.7 Å². The molecule has 0 radical (unpaired) electrons. The van der Waals surface area contributed by atoms with Crippen molar-refractivity contribution in [3.63, 3.8) is 0 Å². The molecule has 0 saturated heterocycles. The minimum absolute atomic E-state index is 0.110. The third-order valence-electron chi connectivity index (χ3n) is 3.68. The second-order valence-corrected chi connectivity index (χ2v) is 6.37. The Labute approximate surface area is 150 Å². The molecule has 0 aliphatic carbocycles. The lowest BCUT2D eigenvalue weighted by Gasteiger charge is -2.28. The van der Waals surface area contributed by atoms with Gasteiger partial charge in [0.1, 0.15) is 5.75 Å². The Morgan fingerprint density at radius 2 is 1.88 bits per heavy atom. The number of hydrogen-bond donors (Lipinski definition) is 1. The molecule has 2 unspecified atom stereocenters. The van der Waals surface area contributed by atoms with Crippen molar-refractivity contribution in [1.82, 2.24) is 0 Å². The highest BCUT2D eigenvalue weighted by Gasteiger charge is 2.42. The fourth-order valence-electron chi connectivity index (χ4n) is 2.25. The van der Waals surface area contributed by atoms with Gasteiger partial charge in [-0.1, -0.05) is 58.4 Å². The quantitative estimate of drug-likeness (QED) is 0.455. The zero-order valence-corrected chi connectivity index (χ0v) is 15.2. The summed E-state index contributed by atoms with van der Waals surface area (Å²) in [6, 6.07) is 16.4. The highest BCUT2D eigenvalue weighted by Crippen LogP contribution is 2.38. The van der Waals surface area contributed by atoms with Crippen molar-refractivity contribution in [3.8, 4) is 5.75 Å². The molecule has 1 N–H and O–H groups in total. The maximum atomic E-state index is 12.6. The van der Waals surface area contributed by atoms with E-state index in [4.69, 9.17) is 4.74 Å². The number of rotatable bonds is 6. The molecule has 0 bridgehead atoms. The Balaban J connectivity index is 2.40. The number of nitrogens with zero attached hydrogens (tertiary/aromatic N) is 1. The number of halogens is 1. The maximum Gasteiger partial charge on any atom is 0.335 e. The van der Waals surface area contributed by atoms with Crippen LogP contribution in [0.25, 0.3) is 0 Å². The molecule has 0 saturated carbocycles. The number of para-hydroxylation sites is 1. The van der Waals surface area contributed by atoms with Crippen LogP contribution in [0.5, 0.6) is 5.75 Å². The van der Waals surface area contributed by atoms with Crippen molar-refractivity contribution >= 4 is 28.1 Å². The standard InChI is InChI=1S/C19H20BrNO3/c1-3-24-18(23)19(2,17(20)14-9-5-4-6-10-14)21-13-15-11-7-8-12-16(15)22/h4-13,17,22H,3H2,1-2H3. The van der Waals surface area contributed by atoms with Gasteiger partial charge in [0, 0.05) is 11.8 Å². The van der Waals surface area contributed by atoms with Gasteiger partial charge in [-0.15, -0.1) is 0 Å². The molecule has 0 heterocycles. The molecule has 2 aromatic rings. The Morgan fingerprint density at radius 3 is 2.50 bits per heavy atom. The van der Waals surface area contributed by atoms with E-state index in [0.717, 1.165) is 5.56 Å². The smallest absolute Gasteiger partial charge is 0.335 e. The van der Waals surface area contributed by atoms with E-state index in [1.54, 1.807) is 38.1 Å². The molecule has 0 spiro atoms. The van der Waals surface area contributed by atoms with Gasteiger partial charge in [0.25, 0.3) is 0 Å². The zero-order chi connectivity index (χ0) is 17.6. The van der Waals surface area contributed by atoms with Crippen LogP contribution in [0.2, 0.25) is 0 Å². The molecular formula is C19H20BrNO3. The number of benzene rings is 2. The maximum absolute atomic E-state index is 12.6. The van der Waals surface area contributed by atoms with Gasteiger partial charge in [-0.05, 0) is 31.5 Å². The molecule has 4 nitrogen and oxygen atoms in total. The van der Waals surface area contributed by atoms with Gasteiger partial charge in [-0.3, -0.25) is 4.99 Å². The Bertz CT molecular complexity index is 718. The molecule has 2 aromatic carbocycles. The summed E-state index contributed by atoms with van der Waals surface area (Å²) in [7, 11) is 0. The Kier molecular flexibility index (Phi) is 6.15. The lowest BCUT2D eigenvalue weighted by Crippen LogP contribution is -2.39. The first-order valence-corrected chi connectivity index (χ1v) is 8.60. The first-order chi connectivity index (χ1) is 11.5. The molecule has 5 heteroatoms. The lowest BCUT2D eigenvalue weighted by molar-refractivity contribution is -0.148. The number of phenolic OH excluding ortho intramolecular Hbond substituents is 1. The van der Waals surface area contributed by atoms with Crippen LogP contribution >= 0.6 is 15.9 Å². The summed E-state index contributed by atoms with van der Waals surface area (Å²) in [6.45, 7) is 3.75. The normalized spacial score (nSPS) is 15.0. The van der Waals surface area contributed by atoms with E-state index in [0.29, 0.717) is 5.56 Å². The average molecular weight is 390 g/mol. The molecule has 2 rings (SSSR count).